The lowest BCUT2D eigenvalue weighted by atomic mass is 10.2. The summed E-state index contributed by atoms with van der Waals surface area (Å²) in [7, 11) is 1.52. The highest BCUT2D eigenvalue weighted by Crippen LogP contribution is 2.28. The van der Waals surface area contributed by atoms with E-state index in [9.17, 15) is 4.79 Å². The third-order valence-corrected chi connectivity index (χ3v) is 4.88. The highest BCUT2D eigenvalue weighted by Gasteiger charge is 2.13. The molecule has 0 radical (unpaired) electrons. The Labute approximate surface area is 173 Å². The number of methoxy groups -OCH3 is 1. The third-order valence-electron chi connectivity index (χ3n) is 4.34. The lowest BCUT2D eigenvalue weighted by molar-refractivity contribution is 0.0952. The van der Waals surface area contributed by atoms with Crippen LogP contribution in [0.4, 0.5) is 0 Å². The topological polar surface area (TPSA) is 55.6 Å². The molecule has 0 fully saturated rings. The highest BCUT2D eigenvalue weighted by molar-refractivity contribution is 6.35. The van der Waals surface area contributed by atoms with E-state index in [4.69, 9.17) is 27.9 Å². The van der Waals surface area contributed by atoms with Crippen molar-refractivity contribution in [3.8, 4) is 11.4 Å². The minimum atomic E-state index is -0.344. The van der Waals surface area contributed by atoms with Gasteiger partial charge in [-0.25, -0.2) is 5.43 Å². The Morgan fingerprint density at radius 2 is 1.89 bits per heavy atom. The number of ether oxygens (including phenoxy) is 1. The first-order chi connectivity index (χ1) is 13.4. The summed E-state index contributed by atoms with van der Waals surface area (Å²) in [6, 6.07) is 14.3. The number of hydrogen-bond acceptors (Lipinski definition) is 3. The maximum atomic E-state index is 12.3. The van der Waals surface area contributed by atoms with Gasteiger partial charge in [0.2, 0.25) is 0 Å². The van der Waals surface area contributed by atoms with Crippen molar-refractivity contribution in [1.29, 1.82) is 0 Å². The number of hydrazone groups is 1. The van der Waals surface area contributed by atoms with Crippen LogP contribution in [-0.2, 0) is 0 Å². The summed E-state index contributed by atoms with van der Waals surface area (Å²) in [4.78, 5) is 12.3. The number of aromatic nitrogens is 1. The van der Waals surface area contributed by atoms with Gasteiger partial charge in [-0.3, -0.25) is 4.79 Å². The van der Waals surface area contributed by atoms with E-state index in [1.54, 1.807) is 42.6 Å². The molecular weight excluding hydrogens is 397 g/mol. The predicted octanol–water partition coefficient (Wildman–Crippen LogP) is 5.17. The molecule has 2 aromatic carbocycles. The Balaban J connectivity index is 1.83. The Morgan fingerprint density at radius 1 is 1.14 bits per heavy atom. The average Bonchev–Trinajstić information content (AvgIpc) is 2.95. The van der Waals surface area contributed by atoms with E-state index in [1.165, 1.54) is 7.11 Å². The minimum Gasteiger partial charge on any atom is -0.496 e. The molecule has 1 heterocycles. The molecule has 0 spiro atoms. The summed E-state index contributed by atoms with van der Waals surface area (Å²) in [5, 5.41) is 5.23. The van der Waals surface area contributed by atoms with Crippen LogP contribution in [0.1, 0.15) is 27.3 Å². The maximum Gasteiger partial charge on any atom is 0.275 e. The smallest absolute Gasteiger partial charge is 0.275 e. The normalized spacial score (nSPS) is 11.0. The fourth-order valence-electron chi connectivity index (χ4n) is 3.00. The van der Waals surface area contributed by atoms with Crippen LogP contribution in [0.2, 0.25) is 10.0 Å². The molecule has 0 bridgehead atoms. The molecule has 144 valence electrons. The van der Waals surface area contributed by atoms with Gasteiger partial charge in [0.25, 0.3) is 5.91 Å². The molecular formula is C21H19Cl2N3O2. The monoisotopic (exact) mass is 415 g/mol. The van der Waals surface area contributed by atoms with Crippen molar-refractivity contribution in [2.24, 2.45) is 5.10 Å². The van der Waals surface area contributed by atoms with Gasteiger partial charge in [0, 0.05) is 22.0 Å². The number of nitrogens with one attached hydrogen (secondary N) is 1. The van der Waals surface area contributed by atoms with Crippen molar-refractivity contribution in [3.05, 3.63) is 81.1 Å². The van der Waals surface area contributed by atoms with Gasteiger partial charge in [-0.05, 0) is 50.2 Å². The Morgan fingerprint density at radius 3 is 2.61 bits per heavy atom. The van der Waals surface area contributed by atoms with Crippen molar-refractivity contribution in [2.75, 3.05) is 7.11 Å². The molecule has 0 saturated heterocycles. The van der Waals surface area contributed by atoms with Crippen molar-refractivity contribution in [2.45, 2.75) is 13.8 Å². The molecule has 28 heavy (non-hydrogen) atoms. The van der Waals surface area contributed by atoms with Gasteiger partial charge in [-0.1, -0.05) is 35.3 Å². The molecule has 3 aromatic rings. The zero-order chi connectivity index (χ0) is 20.3. The molecule has 0 atom stereocenters. The average molecular weight is 416 g/mol. The molecule has 7 heteroatoms. The van der Waals surface area contributed by atoms with Gasteiger partial charge in [0.1, 0.15) is 5.75 Å². The standard InChI is InChI=1S/C21H19Cl2N3O2/c1-13-10-15(14(2)26(13)19-9-8-16(22)11-18(19)23)12-24-25-21(27)17-6-4-5-7-20(17)28-3/h4-12H,1-3H3,(H,25,27)/b24-12-. The molecule has 0 aliphatic heterocycles. The van der Waals surface area contributed by atoms with Gasteiger partial charge in [0.15, 0.2) is 0 Å². The van der Waals surface area contributed by atoms with E-state index >= 15 is 0 Å². The zero-order valence-corrected chi connectivity index (χ0v) is 17.2. The molecule has 1 aromatic heterocycles. The van der Waals surface area contributed by atoms with Gasteiger partial charge in [0.05, 0.1) is 29.6 Å². The molecule has 0 aliphatic carbocycles. The Kier molecular flexibility index (Phi) is 6.07. The third kappa shape index (κ3) is 4.06. The zero-order valence-electron chi connectivity index (χ0n) is 15.7. The SMILES string of the molecule is COc1ccccc1C(=O)N/N=C\c1cc(C)n(-c2ccc(Cl)cc2Cl)c1C. The Bertz CT molecular complexity index is 1060. The van der Waals surface area contributed by atoms with Crippen LogP contribution >= 0.6 is 23.2 Å². The first-order valence-electron chi connectivity index (χ1n) is 8.53. The van der Waals surface area contributed by atoms with Crippen molar-refractivity contribution < 1.29 is 9.53 Å². The van der Waals surface area contributed by atoms with Crippen LogP contribution in [0.25, 0.3) is 5.69 Å². The van der Waals surface area contributed by atoms with Crippen LogP contribution in [0, 0.1) is 13.8 Å². The van der Waals surface area contributed by atoms with Crippen molar-refractivity contribution in [3.63, 3.8) is 0 Å². The summed E-state index contributed by atoms with van der Waals surface area (Å²) in [5.74, 6) is 0.147. The number of nitrogens with zero attached hydrogens (tertiary/aromatic N) is 2. The van der Waals surface area contributed by atoms with Crippen molar-refractivity contribution in [1.82, 2.24) is 9.99 Å². The second kappa shape index (κ2) is 8.50. The summed E-state index contributed by atoms with van der Waals surface area (Å²) in [6.45, 7) is 3.93. The number of rotatable bonds is 5. The number of benzene rings is 2. The molecule has 3 rings (SSSR count). The predicted molar refractivity (Wildman–Crippen MR) is 113 cm³/mol. The Hall–Kier alpha value is -2.76. The number of carbonyl (C=O) groups is 1. The highest BCUT2D eigenvalue weighted by atomic mass is 35.5. The van der Waals surface area contributed by atoms with Crippen LogP contribution in [0.5, 0.6) is 5.75 Å². The first-order valence-corrected chi connectivity index (χ1v) is 9.28. The molecule has 0 unspecified atom stereocenters. The lowest BCUT2D eigenvalue weighted by Gasteiger charge is -2.11. The number of amides is 1. The second-order valence-corrected chi connectivity index (χ2v) is 7.00. The van der Waals surface area contributed by atoms with Gasteiger partial charge < -0.3 is 9.30 Å². The van der Waals surface area contributed by atoms with Crippen LogP contribution in [0.3, 0.4) is 0 Å². The van der Waals surface area contributed by atoms with E-state index in [0.29, 0.717) is 21.4 Å². The van der Waals surface area contributed by atoms with E-state index in [1.807, 2.05) is 30.5 Å². The van der Waals surface area contributed by atoms with E-state index in [2.05, 4.69) is 10.5 Å². The minimum absolute atomic E-state index is 0.344. The second-order valence-electron chi connectivity index (χ2n) is 6.16. The summed E-state index contributed by atoms with van der Waals surface area (Å²) < 4.78 is 7.22. The van der Waals surface area contributed by atoms with Crippen LogP contribution in [-0.4, -0.2) is 23.8 Å². The quantitative estimate of drug-likeness (QED) is 0.461. The van der Waals surface area contributed by atoms with E-state index < -0.39 is 0 Å². The molecule has 1 N–H and O–H groups in total. The van der Waals surface area contributed by atoms with E-state index in [-0.39, 0.29) is 5.91 Å². The largest absolute Gasteiger partial charge is 0.496 e. The number of hydrogen-bond donors (Lipinski definition) is 1. The molecule has 0 aliphatic rings. The fraction of sp³-hybridized carbons (Fsp3) is 0.143. The lowest BCUT2D eigenvalue weighted by Crippen LogP contribution is -2.18. The first kappa shape index (κ1) is 20.0. The molecule has 5 nitrogen and oxygen atoms in total. The number of carbonyl (C=O) groups excluding carboxylic acids is 1. The van der Waals surface area contributed by atoms with Crippen LogP contribution in [0.15, 0.2) is 53.6 Å². The fourth-order valence-corrected chi connectivity index (χ4v) is 3.50. The number of halogens is 2. The molecule has 0 saturated carbocycles. The number of aryl methyl sites for hydroxylation is 1. The summed E-state index contributed by atoms with van der Waals surface area (Å²) in [5.41, 5.74) is 6.58. The van der Waals surface area contributed by atoms with Gasteiger partial charge in [-0.15, -0.1) is 0 Å². The maximum absolute atomic E-state index is 12.3. The summed E-state index contributed by atoms with van der Waals surface area (Å²) >= 11 is 12.3. The van der Waals surface area contributed by atoms with Gasteiger partial charge in [-0.2, -0.15) is 5.10 Å². The van der Waals surface area contributed by atoms with Gasteiger partial charge >= 0.3 is 0 Å². The molecule has 1 amide bonds. The van der Waals surface area contributed by atoms with Crippen LogP contribution < -0.4 is 10.2 Å². The van der Waals surface area contributed by atoms with Crippen molar-refractivity contribution >= 4 is 35.3 Å². The number of para-hydroxylation sites is 1. The summed E-state index contributed by atoms with van der Waals surface area (Å²) in [6.07, 6.45) is 1.61. The van der Waals surface area contributed by atoms with E-state index in [0.717, 1.165) is 22.6 Å².